The number of aliphatic hydroxyl groups is 1. The molecule has 1 aliphatic heterocycles. The molecule has 9 heteroatoms. The van der Waals surface area contributed by atoms with Crippen molar-refractivity contribution in [3.8, 4) is 0 Å². The van der Waals surface area contributed by atoms with Gasteiger partial charge in [0.25, 0.3) is 7.82 Å². The van der Waals surface area contributed by atoms with Crippen LogP contribution < -0.4 is 4.89 Å². The maximum atomic E-state index is 11.5. The fourth-order valence-electron chi connectivity index (χ4n) is 1.54. The second kappa shape index (κ2) is 10.9. The van der Waals surface area contributed by atoms with Crippen molar-refractivity contribution in [1.82, 2.24) is 0 Å². The molecule has 4 atom stereocenters. The molecule has 2 radical (unpaired) electrons. The van der Waals surface area contributed by atoms with Crippen molar-refractivity contribution in [2.45, 2.75) is 45.5 Å². The van der Waals surface area contributed by atoms with E-state index in [2.05, 4.69) is 0 Å². The van der Waals surface area contributed by atoms with E-state index < -0.39 is 20.0 Å². The van der Waals surface area contributed by atoms with Gasteiger partial charge in [0.2, 0.25) is 0 Å². The van der Waals surface area contributed by atoms with Crippen LogP contribution in [0.2, 0.25) is 0 Å². The maximum Gasteiger partial charge on any atom is 0.268 e. The monoisotopic (exact) mass is 444 g/mol. The molecular weight excluding hydrogens is 425 g/mol. The molecule has 0 aromatic heterocycles. The Balaban J connectivity index is 0. The van der Waals surface area contributed by atoms with Gasteiger partial charge >= 0.3 is 0 Å². The molecule has 0 aliphatic carbocycles. The van der Waals surface area contributed by atoms with Crippen LogP contribution in [0.4, 0.5) is 0 Å². The minimum Gasteiger partial charge on any atom is -0.756 e. The third kappa shape index (κ3) is 9.07. The zero-order chi connectivity index (χ0) is 13.1. The number of hydrogen-bond donors (Lipinski definition) is 1. The molecule has 2 unspecified atom stereocenters. The van der Waals surface area contributed by atoms with E-state index in [1.165, 1.54) is 0 Å². The molecule has 0 saturated carbocycles. The van der Waals surface area contributed by atoms with Gasteiger partial charge in [0.15, 0.2) is 0 Å². The van der Waals surface area contributed by atoms with Gasteiger partial charge in [0, 0.05) is 65.4 Å². The van der Waals surface area contributed by atoms with Crippen LogP contribution in [0.25, 0.3) is 0 Å². The molecule has 1 rings (SSSR count). The molecule has 6 nitrogen and oxygen atoms in total. The molecule has 0 aromatic rings. The van der Waals surface area contributed by atoms with Gasteiger partial charge in [-0.15, -0.1) is 0 Å². The van der Waals surface area contributed by atoms with E-state index in [1.54, 1.807) is 6.92 Å². The van der Waals surface area contributed by atoms with Crippen LogP contribution in [0.1, 0.15) is 27.2 Å². The average Bonchev–Trinajstić information content (AvgIpc) is 2.55. The molecule has 1 heterocycles. The number of aliphatic hydroxyl groups excluding tert-OH is 1. The van der Waals surface area contributed by atoms with Crippen LogP contribution >= 0.6 is 7.82 Å². The molecular formula is C10H19O6PY2-2. The molecule has 0 amide bonds. The quantitative estimate of drug-likeness (QED) is 0.490. The standard InChI is InChI=1S/C10H20O6P.2Y/c1-7(2)6-14-17(12,13)16-9-4-8(3)15-10(9)5-11;;/h5,7-11H,4,6H2,1-3H3,(H,12,13);;/q-1;;/p-1/t8-,9?,10+;;/m0../s1. The van der Waals surface area contributed by atoms with Crippen molar-refractivity contribution in [1.29, 1.82) is 0 Å². The minimum absolute atomic E-state index is 0. The summed E-state index contributed by atoms with van der Waals surface area (Å²) in [6.07, 6.45) is -1.20. The van der Waals surface area contributed by atoms with Gasteiger partial charge in [-0.3, -0.25) is 4.57 Å². The Morgan fingerprint density at radius 2 is 2.11 bits per heavy atom. The number of rotatable bonds is 6. The smallest absolute Gasteiger partial charge is 0.268 e. The molecule has 19 heavy (non-hydrogen) atoms. The van der Waals surface area contributed by atoms with Gasteiger partial charge in [0.05, 0.1) is 18.8 Å². The Bertz CT molecular complexity index is 291. The third-order valence-electron chi connectivity index (χ3n) is 2.30. The normalized spacial score (nSPS) is 29.5. The SMILES string of the molecule is CC(C)COP(=O)([O-])OC1C[C@H](C)O[C@@H]1[CH-]O.[Y].[Y]. The molecule has 0 aromatic carbocycles. The van der Waals surface area contributed by atoms with Gasteiger partial charge in [0.1, 0.15) is 0 Å². The van der Waals surface area contributed by atoms with E-state index in [1.807, 2.05) is 13.8 Å². The average molecular weight is 444 g/mol. The first-order chi connectivity index (χ1) is 7.84. The summed E-state index contributed by atoms with van der Waals surface area (Å²) < 4.78 is 26.3. The van der Waals surface area contributed by atoms with Gasteiger partial charge in [-0.25, -0.2) is 0 Å². The minimum atomic E-state index is -4.33. The zero-order valence-electron chi connectivity index (χ0n) is 11.4. The summed E-state index contributed by atoms with van der Waals surface area (Å²) in [5.74, 6) is 0.0971. The van der Waals surface area contributed by atoms with Crippen LogP contribution in [0.15, 0.2) is 0 Å². The number of phosphoric ester groups is 1. The molecule has 1 saturated heterocycles. The topological polar surface area (TPSA) is 88.1 Å². The Kier molecular flexibility index (Phi) is 13.5. The van der Waals surface area contributed by atoms with Gasteiger partial charge in [-0.2, -0.15) is 6.61 Å². The molecule has 1 fully saturated rings. The Morgan fingerprint density at radius 3 is 2.58 bits per heavy atom. The predicted octanol–water partition coefficient (Wildman–Crippen LogP) is 1.22. The van der Waals surface area contributed by atoms with Crippen molar-refractivity contribution in [2.24, 2.45) is 5.92 Å². The van der Waals surface area contributed by atoms with Crippen molar-refractivity contribution in [3.63, 3.8) is 0 Å². The van der Waals surface area contributed by atoms with E-state index in [0.29, 0.717) is 6.42 Å². The summed E-state index contributed by atoms with van der Waals surface area (Å²) in [6.45, 7) is 6.34. The molecule has 1 N–H and O–H groups in total. The van der Waals surface area contributed by atoms with Crippen LogP contribution in [-0.2, 0) is 83.8 Å². The Labute approximate surface area is 164 Å². The fourth-order valence-corrected chi connectivity index (χ4v) is 2.62. The predicted molar refractivity (Wildman–Crippen MR) is 58.5 cm³/mol. The van der Waals surface area contributed by atoms with Crippen LogP contribution in [-0.4, -0.2) is 30.0 Å². The zero-order valence-corrected chi connectivity index (χ0v) is 18.0. The van der Waals surface area contributed by atoms with Gasteiger partial charge in [-0.1, -0.05) is 13.8 Å². The first-order valence-electron chi connectivity index (χ1n) is 5.61. The number of hydrogen-bond acceptors (Lipinski definition) is 6. The van der Waals surface area contributed by atoms with E-state index >= 15 is 0 Å². The first-order valence-corrected chi connectivity index (χ1v) is 7.07. The summed E-state index contributed by atoms with van der Waals surface area (Å²) in [6, 6.07) is 0. The van der Waals surface area contributed by atoms with Crippen molar-refractivity contribution < 1.29 is 93.8 Å². The van der Waals surface area contributed by atoms with E-state index in [-0.39, 0.29) is 84.0 Å². The van der Waals surface area contributed by atoms with E-state index in [4.69, 9.17) is 18.9 Å². The second-order valence-corrected chi connectivity index (χ2v) is 5.94. The molecule has 108 valence electrons. The number of ether oxygens (including phenoxy) is 1. The number of phosphoric acid groups is 1. The molecule has 1 aliphatic rings. The largest absolute Gasteiger partial charge is 0.756 e. The van der Waals surface area contributed by atoms with Crippen LogP contribution in [0, 0.1) is 12.5 Å². The first kappa shape index (κ1) is 23.5. The van der Waals surface area contributed by atoms with E-state index in [0.717, 1.165) is 6.61 Å². The summed E-state index contributed by atoms with van der Waals surface area (Å²) in [5, 5.41) is 8.91. The second-order valence-electron chi connectivity index (χ2n) is 4.58. The summed E-state index contributed by atoms with van der Waals surface area (Å²) >= 11 is 0. The Morgan fingerprint density at radius 1 is 1.53 bits per heavy atom. The maximum absolute atomic E-state index is 11.5. The third-order valence-corrected chi connectivity index (χ3v) is 3.29. The summed E-state index contributed by atoms with van der Waals surface area (Å²) in [4.78, 5) is 11.5. The molecule has 0 bridgehead atoms. The van der Waals surface area contributed by atoms with Gasteiger partial charge < -0.3 is 23.8 Å². The van der Waals surface area contributed by atoms with Crippen molar-refractivity contribution in [2.75, 3.05) is 6.61 Å². The van der Waals surface area contributed by atoms with Crippen molar-refractivity contribution in [3.05, 3.63) is 6.61 Å². The van der Waals surface area contributed by atoms with Crippen LogP contribution in [0.5, 0.6) is 0 Å². The Hall–Kier alpha value is 2.24. The molecule has 0 spiro atoms. The van der Waals surface area contributed by atoms with E-state index in [9.17, 15) is 9.46 Å². The van der Waals surface area contributed by atoms with Crippen molar-refractivity contribution >= 4 is 7.82 Å². The van der Waals surface area contributed by atoms with Crippen LogP contribution in [0.3, 0.4) is 0 Å². The fraction of sp³-hybridized carbons (Fsp3) is 0.900. The summed E-state index contributed by atoms with van der Waals surface area (Å²) in [5.41, 5.74) is 0. The summed E-state index contributed by atoms with van der Waals surface area (Å²) in [7, 11) is -4.33. The van der Waals surface area contributed by atoms with Gasteiger partial charge in [-0.05, 0) is 25.4 Å².